The number of primary amides is 1. The Bertz CT molecular complexity index is 2630. The van der Waals surface area contributed by atoms with E-state index >= 15 is 0 Å². The molecule has 0 saturated carbocycles. The number of nitrogens with one attached hydrogen (secondary N) is 7. The third-order valence-electron chi connectivity index (χ3n) is 16.4. The first-order valence-electron chi connectivity index (χ1n) is 35.4. The molecule has 0 saturated heterocycles. The summed E-state index contributed by atoms with van der Waals surface area (Å²) >= 11 is 0. The minimum absolute atomic E-state index is 0.0508. The summed E-state index contributed by atoms with van der Waals surface area (Å²) in [6.07, 6.45) is 26.9. The quantitative estimate of drug-likeness (QED) is 0.0278. The second kappa shape index (κ2) is 55.1. The number of carbonyl (C=O) groups is 10. The molecule has 0 spiro atoms. The Kier molecular flexibility index (Phi) is 48.9. The standard InChI is InChI=1S/C68H115N11O16S/c1-2-3-44-70-55-39-36-53(37-40-55)66(87)72-46-27-25-32-58(65(69)86)73-64(85)52-95-49-48-94-47-28-31-56(80)41-42-59(68(90)91)74-62(83)43-38-54(67(88)89)51-57(81)30-22-18-14-10-9-13-17-21-26-45-71-61(82)35-29-50-96(92,93)77-63(84)34-24-20-16-12-8-6-4-5-7-11-15-19-23-33-60-75-78-79-76-60/h36-37,39-40,54,58-59,70H,2-35,38,41-52H2,1H3,(H2,69,86)(H,71,82)(H,72,87)(H,73,85)(H,74,83)(H,77,84)(H,88,89)(H,90,91)(H,75,76,78,79)/t54-,58+,59?/m1/s1. The number of aryl methyl sites for hydroxylation is 1. The van der Waals surface area contributed by atoms with E-state index in [1.54, 1.807) is 12.1 Å². The zero-order valence-corrected chi connectivity index (χ0v) is 58.0. The summed E-state index contributed by atoms with van der Waals surface area (Å²) in [6, 6.07) is 4.93. The number of hydrogen-bond donors (Lipinski definition) is 10. The molecule has 0 aliphatic heterocycles. The van der Waals surface area contributed by atoms with Crippen molar-refractivity contribution in [1.29, 1.82) is 0 Å². The number of hydrogen-bond acceptors (Lipinski definition) is 18. The van der Waals surface area contributed by atoms with Gasteiger partial charge in [0, 0.05) is 88.9 Å². The number of rotatable bonds is 65. The Balaban J connectivity index is 1.41. The maximum atomic E-state index is 12.7. The fourth-order valence-electron chi connectivity index (χ4n) is 10.7. The number of anilines is 1. The number of unbranched alkanes of at least 4 members (excludes halogenated alkanes) is 22. The zero-order valence-electron chi connectivity index (χ0n) is 57.2. The number of carbonyl (C=O) groups excluding carboxylic acids is 8. The van der Waals surface area contributed by atoms with Crippen LogP contribution in [-0.4, -0.2) is 162 Å². The van der Waals surface area contributed by atoms with Crippen molar-refractivity contribution in [3.05, 3.63) is 35.7 Å². The molecule has 0 aliphatic rings. The maximum absolute atomic E-state index is 12.7. The second-order valence-corrected chi connectivity index (χ2v) is 26.7. The Labute approximate surface area is 568 Å². The van der Waals surface area contributed by atoms with Crippen molar-refractivity contribution in [2.45, 2.75) is 269 Å². The molecular formula is C68H115N11O16S. The first-order chi connectivity index (χ1) is 46.3. The first-order valence-corrected chi connectivity index (χ1v) is 37.1. The number of nitrogens with zero attached hydrogens (tertiary/aromatic N) is 3. The molecule has 0 fully saturated rings. The van der Waals surface area contributed by atoms with Crippen molar-refractivity contribution in [3.63, 3.8) is 0 Å². The van der Waals surface area contributed by atoms with Gasteiger partial charge in [0.05, 0.1) is 24.9 Å². The summed E-state index contributed by atoms with van der Waals surface area (Å²) in [4.78, 5) is 123. The average Bonchev–Trinajstić information content (AvgIpc) is 1.59. The van der Waals surface area contributed by atoms with Gasteiger partial charge in [0.1, 0.15) is 30.3 Å². The minimum atomic E-state index is -3.81. The van der Waals surface area contributed by atoms with Crippen molar-refractivity contribution < 1.29 is 76.0 Å². The van der Waals surface area contributed by atoms with Crippen LogP contribution < -0.4 is 37.0 Å². The van der Waals surface area contributed by atoms with Gasteiger partial charge in [0.15, 0.2) is 5.82 Å². The van der Waals surface area contributed by atoms with E-state index in [4.69, 9.17) is 15.2 Å². The summed E-state index contributed by atoms with van der Waals surface area (Å²) in [7, 11) is -3.81. The fraction of sp³-hybridized carbons (Fsp3) is 0.750. The van der Waals surface area contributed by atoms with Crippen molar-refractivity contribution >= 4 is 74.7 Å². The number of tetrazole rings is 1. The summed E-state index contributed by atoms with van der Waals surface area (Å²) in [5.74, 6) is -6.57. The number of nitrogens with two attached hydrogens (primary N) is 1. The number of H-pyrrole nitrogens is 1. The van der Waals surface area contributed by atoms with Gasteiger partial charge in [-0.1, -0.05) is 134 Å². The van der Waals surface area contributed by atoms with Crippen LogP contribution in [0.25, 0.3) is 0 Å². The fourth-order valence-corrected chi connectivity index (χ4v) is 11.7. The van der Waals surface area contributed by atoms with Gasteiger partial charge in [0.25, 0.3) is 5.91 Å². The Morgan fingerprint density at radius 3 is 1.69 bits per heavy atom. The van der Waals surface area contributed by atoms with Crippen LogP contribution in [-0.2, 0) is 69.1 Å². The van der Waals surface area contributed by atoms with Gasteiger partial charge in [-0.25, -0.2) is 13.2 Å². The van der Waals surface area contributed by atoms with Crippen LogP contribution in [0.3, 0.4) is 0 Å². The number of ketones is 2. The second-order valence-electron chi connectivity index (χ2n) is 24.9. The Morgan fingerprint density at radius 1 is 0.521 bits per heavy atom. The van der Waals surface area contributed by atoms with Crippen molar-refractivity contribution in [1.82, 2.24) is 46.6 Å². The highest BCUT2D eigenvalue weighted by molar-refractivity contribution is 7.90. The number of benzene rings is 1. The number of aliphatic carboxylic acids is 2. The molecule has 1 aromatic heterocycles. The molecule has 96 heavy (non-hydrogen) atoms. The highest BCUT2D eigenvalue weighted by Crippen LogP contribution is 2.19. The SMILES string of the molecule is CCCCNc1ccc(C(=O)NCCCC[C@H](NC(=O)COCCOCCCC(=O)CCC(NC(=O)CC[C@H](CC(=O)CCCCCCCCCCCNC(=O)CCCS(=O)(=O)NC(=O)CCCCCCCCCCCCCCCc2nn[nH]n2)C(=O)O)C(=O)O)C(N)=O)cc1. The molecule has 1 aromatic carbocycles. The number of sulfonamides is 1. The van der Waals surface area contributed by atoms with E-state index in [-0.39, 0.29) is 126 Å². The predicted octanol–water partition coefficient (Wildman–Crippen LogP) is 8.40. The number of aromatic nitrogens is 4. The molecule has 6 amide bonds. The van der Waals surface area contributed by atoms with E-state index in [0.717, 1.165) is 114 Å². The van der Waals surface area contributed by atoms with E-state index in [2.05, 4.69) is 58.9 Å². The molecule has 2 rings (SSSR count). The molecule has 544 valence electrons. The Morgan fingerprint density at radius 2 is 1.08 bits per heavy atom. The summed E-state index contributed by atoms with van der Waals surface area (Å²) in [6.45, 7) is 3.85. The summed E-state index contributed by atoms with van der Waals surface area (Å²) < 4.78 is 37.8. The largest absolute Gasteiger partial charge is 0.481 e. The summed E-state index contributed by atoms with van der Waals surface area (Å²) in [5, 5.41) is 47.4. The lowest BCUT2D eigenvalue weighted by atomic mass is 9.94. The van der Waals surface area contributed by atoms with Crippen molar-refractivity contribution in [2.75, 3.05) is 57.1 Å². The molecule has 27 nitrogen and oxygen atoms in total. The lowest BCUT2D eigenvalue weighted by molar-refractivity contribution is -0.145. The zero-order chi connectivity index (χ0) is 70.3. The van der Waals surface area contributed by atoms with E-state index in [1.165, 1.54) is 51.4 Å². The van der Waals surface area contributed by atoms with Crippen LogP contribution in [0.4, 0.5) is 5.69 Å². The van der Waals surface area contributed by atoms with Gasteiger partial charge < -0.3 is 52.0 Å². The average molecular weight is 1370 g/mol. The van der Waals surface area contributed by atoms with Crippen molar-refractivity contribution in [3.8, 4) is 0 Å². The highest BCUT2D eigenvalue weighted by Gasteiger charge is 2.26. The molecule has 0 aliphatic carbocycles. The number of ether oxygens (including phenoxy) is 2. The van der Waals surface area contributed by atoms with Crippen LogP contribution in [0.1, 0.15) is 267 Å². The van der Waals surface area contributed by atoms with Gasteiger partial charge >= 0.3 is 11.9 Å². The van der Waals surface area contributed by atoms with Crippen LogP contribution >= 0.6 is 0 Å². The third kappa shape index (κ3) is 47.1. The highest BCUT2D eigenvalue weighted by atomic mass is 32.2. The molecule has 28 heteroatoms. The monoisotopic (exact) mass is 1370 g/mol. The van der Waals surface area contributed by atoms with Crippen LogP contribution in [0, 0.1) is 5.92 Å². The lowest BCUT2D eigenvalue weighted by Crippen LogP contribution is -2.45. The molecule has 0 bridgehead atoms. The molecule has 0 radical (unpaired) electrons. The lowest BCUT2D eigenvalue weighted by Gasteiger charge is -2.16. The van der Waals surface area contributed by atoms with E-state index in [1.807, 2.05) is 12.1 Å². The number of Topliss-reactive ketones (excluding diaryl/α,β-unsaturated/α-hetero) is 2. The smallest absolute Gasteiger partial charge is 0.326 e. The van der Waals surface area contributed by atoms with Crippen LogP contribution in [0.2, 0.25) is 0 Å². The minimum Gasteiger partial charge on any atom is -0.481 e. The van der Waals surface area contributed by atoms with E-state index in [9.17, 15) is 66.6 Å². The van der Waals surface area contributed by atoms with E-state index < -0.39 is 63.6 Å². The third-order valence-corrected chi connectivity index (χ3v) is 17.7. The molecule has 1 heterocycles. The van der Waals surface area contributed by atoms with Gasteiger partial charge in [-0.3, -0.25) is 47.9 Å². The molecule has 1 unspecified atom stereocenters. The van der Waals surface area contributed by atoms with Gasteiger partial charge in [-0.05, 0) is 101 Å². The predicted molar refractivity (Wildman–Crippen MR) is 365 cm³/mol. The molecule has 11 N–H and O–H groups in total. The topological polar surface area (TPSA) is 416 Å². The normalized spacial score (nSPS) is 12.3. The van der Waals surface area contributed by atoms with Crippen molar-refractivity contribution in [2.24, 2.45) is 11.7 Å². The van der Waals surface area contributed by atoms with E-state index in [0.29, 0.717) is 50.8 Å². The number of carboxylic acids is 2. The molecular weight excluding hydrogens is 1260 g/mol. The van der Waals surface area contributed by atoms with Gasteiger partial charge in [-0.15, -0.1) is 10.2 Å². The maximum Gasteiger partial charge on any atom is 0.326 e. The van der Waals surface area contributed by atoms with Crippen LogP contribution in [0.15, 0.2) is 24.3 Å². The molecule has 3 atom stereocenters. The van der Waals surface area contributed by atoms with Crippen LogP contribution in [0.5, 0.6) is 0 Å². The number of carboxylic acid groups (broad SMARTS) is 2. The van der Waals surface area contributed by atoms with Gasteiger partial charge in [-0.2, -0.15) is 5.21 Å². The Hall–Kier alpha value is -6.94. The number of amides is 6. The molecule has 2 aromatic rings. The van der Waals surface area contributed by atoms with Gasteiger partial charge in [0.2, 0.25) is 39.6 Å². The number of aromatic amines is 1. The summed E-state index contributed by atoms with van der Waals surface area (Å²) in [5.41, 5.74) is 6.97. The first kappa shape index (κ1) is 85.1.